The second-order valence-corrected chi connectivity index (χ2v) is 7.49. The van der Waals surface area contributed by atoms with Crippen LogP contribution in [0.15, 0.2) is 35.1 Å². The van der Waals surface area contributed by atoms with Crippen molar-refractivity contribution in [3.8, 4) is 0 Å². The van der Waals surface area contributed by atoms with Crippen molar-refractivity contribution in [1.82, 2.24) is 24.1 Å². The second-order valence-electron chi connectivity index (χ2n) is 7.49. The van der Waals surface area contributed by atoms with Gasteiger partial charge in [0.15, 0.2) is 0 Å². The van der Waals surface area contributed by atoms with Crippen molar-refractivity contribution < 1.29 is 4.79 Å². The molecule has 28 heavy (non-hydrogen) atoms. The third-order valence-corrected chi connectivity index (χ3v) is 5.13. The van der Waals surface area contributed by atoms with Crippen LogP contribution in [0, 0.1) is 0 Å². The van der Waals surface area contributed by atoms with Gasteiger partial charge < -0.3 is 15.1 Å². The Morgan fingerprint density at radius 2 is 2.04 bits per heavy atom. The van der Waals surface area contributed by atoms with E-state index in [9.17, 15) is 9.59 Å². The maximum atomic E-state index is 12.7. The van der Waals surface area contributed by atoms with E-state index in [4.69, 9.17) is 0 Å². The highest BCUT2D eigenvalue weighted by Crippen LogP contribution is 2.25. The number of anilines is 1. The molecule has 0 spiro atoms. The minimum atomic E-state index is -0.103. The lowest BCUT2D eigenvalue weighted by Gasteiger charge is -2.32. The minimum absolute atomic E-state index is 0.0646. The molecule has 0 unspecified atom stereocenters. The molecule has 0 aliphatic carbocycles. The topological polar surface area (TPSA) is 75.4 Å². The summed E-state index contributed by atoms with van der Waals surface area (Å²) in [4.78, 5) is 29.2. The third kappa shape index (κ3) is 4.62. The number of rotatable bonds is 6. The van der Waals surface area contributed by atoms with E-state index in [0.717, 1.165) is 30.9 Å². The number of urea groups is 1. The van der Waals surface area contributed by atoms with E-state index in [1.54, 1.807) is 9.25 Å². The molecule has 1 N–H and O–H groups in total. The zero-order valence-electron chi connectivity index (χ0n) is 17.0. The van der Waals surface area contributed by atoms with Gasteiger partial charge >= 0.3 is 11.7 Å². The standard InChI is InChI=1S/C20H30N6O2/c1-4-25-18(22-26(20(25)28)14-13-23(2)3)16-9-8-12-24(15-16)19(27)21-17-10-6-5-7-11-17/h5-7,10-11,16H,4,8-9,12-15H2,1-3H3,(H,21,27)/t16-/m0/s1. The number of amides is 2. The number of carbonyl (C=O) groups excluding carboxylic acids is 1. The Labute approximate surface area is 165 Å². The molecule has 1 atom stereocenters. The fraction of sp³-hybridized carbons (Fsp3) is 0.550. The Hall–Kier alpha value is -2.61. The van der Waals surface area contributed by atoms with Gasteiger partial charge in [0.1, 0.15) is 5.82 Å². The molecule has 0 radical (unpaired) electrons. The molecule has 1 fully saturated rings. The van der Waals surface area contributed by atoms with Gasteiger partial charge in [-0.25, -0.2) is 14.3 Å². The molecule has 1 aliphatic heterocycles. The van der Waals surface area contributed by atoms with Crippen molar-refractivity contribution in [1.29, 1.82) is 0 Å². The average molecular weight is 387 g/mol. The monoisotopic (exact) mass is 386 g/mol. The number of hydrogen-bond donors (Lipinski definition) is 1. The highest BCUT2D eigenvalue weighted by atomic mass is 16.2. The molecule has 1 aromatic carbocycles. The van der Waals surface area contributed by atoms with E-state index < -0.39 is 0 Å². The molecule has 1 aliphatic rings. The SMILES string of the molecule is CCn1c([C@H]2CCCN(C(=O)Nc3ccccc3)C2)nn(CCN(C)C)c1=O. The predicted octanol–water partition coefficient (Wildman–Crippen LogP) is 2.04. The Kier molecular flexibility index (Phi) is 6.51. The molecule has 0 bridgehead atoms. The lowest BCUT2D eigenvalue weighted by atomic mass is 9.97. The predicted molar refractivity (Wildman–Crippen MR) is 110 cm³/mol. The largest absolute Gasteiger partial charge is 0.345 e. The Bertz CT molecular complexity index is 842. The van der Waals surface area contributed by atoms with Gasteiger partial charge in [0.2, 0.25) is 0 Å². The third-order valence-electron chi connectivity index (χ3n) is 5.13. The number of para-hydroxylation sites is 1. The molecule has 3 rings (SSSR count). The highest BCUT2D eigenvalue weighted by Gasteiger charge is 2.29. The molecule has 1 saturated heterocycles. The number of nitrogens with one attached hydrogen (secondary N) is 1. The maximum absolute atomic E-state index is 12.7. The van der Waals surface area contributed by atoms with Crippen LogP contribution in [0.4, 0.5) is 10.5 Å². The van der Waals surface area contributed by atoms with Gasteiger partial charge in [0.25, 0.3) is 0 Å². The van der Waals surface area contributed by atoms with Gasteiger partial charge in [-0.1, -0.05) is 18.2 Å². The molecule has 8 nitrogen and oxygen atoms in total. The van der Waals surface area contributed by atoms with Crippen LogP contribution in [0.25, 0.3) is 0 Å². The van der Waals surface area contributed by atoms with Crippen LogP contribution in [0.5, 0.6) is 0 Å². The van der Waals surface area contributed by atoms with Crippen molar-refractivity contribution in [2.45, 2.75) is 38.8 Å². The van der Waals surface area contributed by atoms with Crippen LogP contribution < -0.4 is 11.0 Å². The first-order valence-electron chi connectivity index (χ1n) is 9.92. The van der Waals surface area contributed by atoms with E-state index >= 15 is 0 Å². The van der Waals surface area contributed by atoms with Crippen LogP contribution in [-0.2, 0) is 13.1 Å². The molecule has 152 valence electrons. The molecule has 1 aromatic heterocycles. The summed E-state index contributed by atoms with van der Waals surface area (Å²) in [6.45, 7) is 5.16. The Morgan fingerprint density at radius 1 is 1.29 bits per heavy atom. The number of carbonyl (C=O) groups is 1. The average Bonchev–Trinajstić information content (AvgIpc) is 3.02. The summed E-state index contributed by atoms with van der Waals surface area (Å²) in [7, 11) is 3.96. The van der Waals surface area contributed by atoms with Gasteiger partial charge in [-0.3, -0.25) is 4.57 Å². The molecule has 2 heterocycles. The fourth-order valence-corrected chi connectivity index (χ4v) is 3.59. The number of likely N-dealkylation sites (tertiary alicyclic amines) is 1. The summed E-state index contributed by atoms with van der Waals surface area (Å²) < 4.78 is 3.31. The maximum Gasteiger partial charge on any atom is 0.345 e. The lowest BCUT2D eigenvalue weighted by Crippen LogP contribution is -2.42. The van der Waals surface area contributed by atoms with Crippen LogP contribution in [0.2, 0.25) is 0 Å². The van der Waals surface area contributed by atoms with Crippen molar-refractivity contribution >= 4 is 11.7 Å². The summed E-state index contributed by atoms with van der Waals surface area (Å²) in [6, 6.07) is 9.36. The van der Waals surface area contributed by atoms with E-state index in [2.05, 4.69) is 10.4 Å². The smallest absolute Gasteiger partial charge is 0.324 e. The number of likely N-dealkylation sites (N-methyl/N-ethyl adjacent to an activating group) is 1. The van der Waals surface area contributed by atoms with Crippen molar-refractivity contribution in [2.24, 2.45) is 0 Å². The van der Waals surface area contributed by atoms with Gasteiger partial charge in [-0.15, -0.1) is 0 Å². The van der Waals surface area contributed by atoms with Crippen LogP contribution in [-0.4, -0.2) is 63.9 Å². The molecule has 0 saturated carbocycles. The molecule has 8 heteroatoms. The van der Waals surface area contributed by atoms with Crippen LogP contribution in [0.1, 0.15) is 31.5 Å². The van der Waals surface area contributed by atoms with Crippen LogP contribution in [0.3, 0.4) is 0 Å². The summed E-state index contributed by atoms with van der Waals surface area (Å²) in [5, 5.41) is 7.58. The van der Waals surface area contributed by atoms with E-state index in [0.29, 0.717) is 26.2 Å². The first-order valence-corrected chi connectivity index (χ1v) is 9.92. The molecule has 2 amide bonds. The quantitative estimate of drug-likeness (QED) is 0.824. The number of nitrogens with zero attached hydrogens (tertiary/aromatic N) is 5. The number of hydrogen-bond acceptors (Lipinski definition) is 4. The van der Waals surface area contributed by atoms with Gasteiger partial charge in [0, 0.05) is 37.8 Å². The normalized spacial score (nSPS) is 17.1. The summed E-state index contributed by atoms with van der Waals surface area (Å²) >= 11 is 0. The Morgan fingerprint density at radius 3 is 2.71 bits per heavy atom. The van der Waals surface area contributed by atoms with Crippen molar-refractivity contribution in [2.75, 3.05) is 39.0 Å². The van der Waals surface area contributed by atoms with Gasteiger partial charge in [-0.2, -0.15) is 5.10 Å². The van der Waals surface area contributed by atoms with Crippen molar-refractivity contribution in [3.05, 3.63) is 46.6 Å². The number of benzene rings is 1. The zero-order valence-corrected chi connectivity index (χ0v) is 17.0. The minimum Gasteiger partial charge on any atom is -0.324 e. The van der Waals surface area contributed by atoms with E-state index in [1.165, 1.54) is 0 Å². The Balaban J connectivity index is 1.73. The fourth-order valence-electron chi connectivity index (χ4n) is 3.59. The summed E-state index contributed by atoms with van der Waals surface area (Å²) in [6.07, 6.45) is 1.83. The highest BCUT2D eigenvalue weighted by molar-refractivity contribution is 5.89. The van der Waals surface area contributed by atoms with Crippen molar-refractivity contribution in [3.63, 3.8) is 0 Å². The van der Waals surface area contributed by atoms with E-state index in [1.807, 2.05) is 61.2 Å². The summed E-state index contributed by atoms with van der Waals surface area (Å²) in [5.74, 6) is 0.868. The zero-order chi connectivity index (χ0) is 20.1. The van der Waals surface area contributed by atoms with Gasteiger partial charge in [-0.05, 0) is 46.0 Å². The van der Waals surface area contributed by atoms with Crippen LogP contribution >= 0.6 is 0 Å². The first-order chi connectivity index (χ1) is 13.5. The number of piperidine rings is 1. The second kappa shape index (κ2) is 9.05. The van der Waals surface area contributed by atoms with E-state index in [-0.39, 0.29) is 17.6 Å². The lowest BCUT2D eigenvalue weighted by molar-refractivity contribution is 0.190. The van der Waals surface area contributed by atoms with Gasteiger partial charge in [0.05, 0.1) is 6.54 Å². The molecular weight excluding hydrogens is 356 g/mol. The molecule has 2 aromatic rings. The first kappa shape index (κ1) is 20.1. The molecular formula is C20H30N6O2. The number of aromatic nitrogens is 3. The summed E-state index contributed by atoms with van der Waals surface area (Å²) in [5.41, 5.74) is 0.721.